The molecule has 34 heavy (non-hydrogen) atoms. The van der Waals surface area contributed by atoms with E-state index in [4.69, 9.17) is 9.72 Å². The zero-order valence-corrected chi connectivity index (χ0v) is 19.9. The molecule has 0 radical (unpaired) electrons. The molecule has 5 rings (SSSR count). The molecule has 1 unspecified atom stereocenters. The topological polar surface area (TPSA) is 88.5 Å². The molecule has 2 amide bonds. The maximum Gasteiger partial charge on any atom is 0.255 e. The predicted molar refractivity (Wildman–Crippen MR) is 130 cm³/mol. The van der Waals surface area contributed by atoms with Gasteiger partial charge in [0.05, 0.1) is 29.8 Å². The maximum absolute atomic E-state index is 13.5. The maximum atomic E-state index is 13.5. The van der Waals surface area contributed by atoms with Crippen molar-refractivity contribution < 1.29 is 14.3 Å². The quantitative estimate of drug-likeness (QED) is 0.478. The number of amides is 2. The highest BCUT2D eigenvalue weighted by molar-refractivity contribution is 6.09. The van der Waals surface area contributed by atoms with Crippen LogP contribution in [0.1, 0.15) is 63.8 Å². The Labute approximate surface area is 199 Å². The van der Waals surface area contributed by atoms with Crippen LogP contribution >= 0.6 is 0 Å². The molecule has 178 valence electrons. The van der Waals surface area contributed by atoms with Crippen LogP contribution in [0.15, 0.2) is 36.4 Å². The number of para-hydroxylation sites is 1. The Kier molecular flexibility index (Phi) is 6.00. The fourth-order valence-corrected chi connectivity index (χ4v) is 4.92. The first-order valence-electron chi connectivity index (χ1n) is 11.9. The Morgan fingerprint density at radius 2 is 2.03 bits per heavy atom. The number of hydrogen-bond donors (Lipinski definition) is 2. The number of aryl methyl sites for hydroxylation is 1. The number of fused-ring (bicyclic) bond motifs is 2. The van der Waals surface area contributed by atoms with Crippen LogP contribution in [-0.2, 0) is 13.6 Å². The van der Waals surface area contributed by atoms with Crippen molar-refractivity contribution in [2.45, 2.75) is 44.3 Å². The van der Waals surface area contributed by atoms with E-state index in [1.807, 2.05) is 53.9 Å². The summed E-state index contributed by atoms with van der Waals surface area (Å²) in [5.41, 5.74) is 3.64. The summed E-state index contributed by atoms with van der Waals surface area (Å²) in [6.07, 6.45) is 3.67. The minimum atomic E-state index is -0.310. The molecule has 1 saturated carbocycles. The van der Waals surface area contributed by atoms with Crippen LogP contribution in [0.25, 0.3) is 11.0 Å². The smallest absolute Gasteiger partial charge is 0.255 e. The standard InChI is InChI=1S/C26H31N5O3/c1-27-14-6-9-19(24-29-23-20(30(24)2)10-5-11-21(23)34-3)28-25(32)18-8-4-7-16-15-31(17-12-13-17)26(33)22(16)18/h4-5,7-8,10-11,17,19,27H,6,9,12-15H2,1-3H3,(H,28,32). The normalized spacial score (nSPS) is 16.1. The van der Waals surface area contributed by atoms with E-state index in [-0.39, 0.29) is 17.9 Å². The zero-order chi connectivity index (χ0) is 23.8. The second-order valence-electron chi connectivity index (χ2n) is 9.13. The van der Waals surface area contributed by atoms with Gasteiger partial charge in [0.15, 0.2) is 0 Å². The SMILES string of the molecule is CNCCCC(NC(=O)c1cccc2c1C(=O)N(C1CC1)C2)c1nc2c(OC)cccc2n1C. The summed E-state index contributed by atoms with van der Waals surface area (Å²) in [6.45, 7) is 1.42. The summed E-state index contributed by atoms with van der Waals surface area (Å²) in [6, 6.07) is 11.4. The van der Waals surface area contributed by atoms with E-state index in [2.05, 4.69) is 10.6 Å². The molecule has 2 heterocycles. The number of hydrogen-bond acceptors (Lipinski definition) is 5. The van der Waals surface area contributed by atoms with Crippen LogP contribution in [0.4, 0.5) is 0 Å². The zero-order valence-electron chi connectivity index (χ0n) is 19.9. The van der Waals surface area contributed by atoms with Crippen LogP contribution in [0.2, 0.25) is 0 Å². The van der Waals surface area contributed by atoms with Crippen LogP contribution in [0.3, 0.4) is 0 Å². The van der Waals surface area contributed by atoms with Crippen LogP contribution in [-0.4, -0.2) is 53.0 Å². The van der Waals surface area contributed by atoms with E-state index < -0.39 is 0 Å². The van der Waals surface area contributed by atoms with E-state index >= 15 is 0 Å². The summed E-state index contributed by atoms with van der Waals surface area (Å²) >= 11 is 0. The fourth-order valence-electron chi connectivity index (χ4n) is 4.92. The van der Waals surface area contributed by atoms with Gasteiger partial charge in [-0.2, -0.15) is 0 Å². The van der Waals surface area contributed by atoms with Gasteiger partial charge in [-0.05, 0) is 63.0 Å². The van der Waals surface area contributed by atoms with E-state index in [0.717, 1.165) is 48.2 Å². The van der Waals surface area contributed by atoms with Crippen molar-refractivity contribution in [1.82, 2.24) is 25.1 Å². The molecule has 1 fully saturated rings. The molecule has 3 aromatic rings. The minimum Gasteiger partial charge on any atom is -0.494 e. The van der Waals surface area contributed by atoms with Gasteiger partial charge in [0, 0.05) is 19.6 Å². The molecule has 0 spiro atoms. The predicted octanol–water partition coefficient (Wildman–Crippen LogP) is 3.17. The number of imidazole rings is 1. The lowest BCUT2D eigenvalue weighted by Gasteiger charge is -2.20. The van der Waals surface area contributed by atoms with Gasteiger partial charge in [-0.3, -0.25) is 9.59 Å². The van der Waals surface area contributed by atoms with Gasteiger partial charge in [0.2, 0.25) is 0 Å². The van der Waals surface area contributed by atoms with Gasteiger partial charge in [-0.1, -0.05) is 18.2 Å². The summed E-state index contributed by atoms with van der Waals surface area (Å²) in [5.74, 6) is 1.20. The number of aromatic nitrogens is 2. The number of nitrogens with zero attached hydrogens (tertiary/aromatic N) is 3. The number of carbonyl (C=O) groups excluding carboxylic acids is 2. The number of nitrogens with one attached hydrogen (secondary N) is 2. The van der Waals surface area contributed by atoms with Crippen molar-refractivity contribution in [3.63, 3.8) is 0 Å². The van der Waals surface area contributed by atoms with Gasteiger partial charge in [-0.15, -0.1) is 0 Å². The highest BCUT2D eigenvalue weighted by Crippen LogP contribution is 2.36. The Bertz CT molecular complexity index is 1250. The summed E-state index contributed by atoms with van der Waals surface area (Å²) in [4.78, 5) is 33.4. The first-order valence-corrected chi connectivity index (χ1v) is 11.9. The number of carbonyl (C=O) groups is 2. The first-order chi connectivity index (χ1) is 16.5. The Hall–Kier alpha value is -3.39. The van der Waals surface area contributed by atoms with Crippen molar-refractivity contribution in [2.24, 2.45) is 7.05 Å². The Morgan fingerprint density at radius 1 is 1.24 bits per heavy atom. The van der Waals surface area contributed by atoms with Crippen LogP contribution in [0, 0.1) is 0 Å². The monoisotopic (exact) mass is 461 g/mol. The molecule has 1 atom stereocenters. The second-order valence-corrected chi connectivity index (χ2v) is 9.13. The summed E-state index contributed by atoms with van der Waals surface area (Å²) in [5, 5.41) is 6.37. The van der Waals surface area contributed by atoms with Gasteiger partial charge in [0.1, 0.15) is 17.1 Å². The van der Waals surface area contributed by atoms with E-state index in [9.17, 15) is 9.59 Å². The third-order valence-electron chi connectivity index (χ3n) is 6.86. The Balaban J connectivity index is 1.47. The highest BCUT2D eigenvalue weighted by Gasteiger charge is 2.40. The molecule has 8 nitrogen and oxygen atoms in total. The Morgan fingerprint density at radius 3 is 2.76 bits per heavy atom. The molecule has 2 aromatic carbocycles. The lowest BCUT2D eigenvalue weighted by Crippen LogP contribution is -2.32. The van der Waals surface area contributed by atoms with Crippen LogP contribution in [0.5, 0.6) is 5.75 Å². The van der Waals surface area contributed by atoms with Gasteiger partial charge in [0.25, 0.3) is 11.8 Å². The molecule has 0 saturated heterocycles. The number of rotatable bonds is 9. The van der Waals surface area contributed by atoms with Gasteiger partial charge >= 0.3 is 0 Å². The molecule has 1 aliphatic carbocycles. The van der Waals surface area contributed by atoms with Crippen LogP contribution < -0.4 is 15.4 Å². The largest absolute Gasteiger partial charge is 0.494 e. The number of methoxy groups -OCH3 is 1. The molecular weight excluding hydrogens is 430 g/mol. The van der Waals surface area contributed by atoms with Gasteiger partial charge in [-0.25, -0.2) is 4.98 Å². The third kappa shape index (κ3) is 3.92. The summed E-state index contributed by atoms with van der Waals surface area (Å²) in [7, 11) is 5.50. The van der Waals surface area contributed by atoms with E-state index in [0.29, 0.717) is 35.9 Å². The van der Waals surface area contributed by atoms with Crippen molar-refractivity contribution >= 4 is 22.8 Å². The molecule has 1 aromatic heterocycles. The molecule has 2 aliphatic rings. The van der Waals surface area contributed by atoms with Crippen molar-refractivity contribution in [2.75, 3.05) is 20.7 Å². The van der Waals surface area contributed by atoms with Crippen molar-refractivity contribution in [3.05, 3.63) is 58.9 Å². The van der Waals surface area contributed by atoms with Crippen molar-refractivity contribution in [3.8, 4) is 5.75 Å². The highest BCUT2D eigenvalue weighted by atomic mass is 16.5. The van der Waals surface area contributed by atoms with E-state index in [1.54, 1.807) is 13.2 Å². The fraction of sp³-hybridized carbons (Fsp3) is 0.423. The minimum absolute atomic E-state index is 0.0255. The van der Waals surface area contributed by atoms with E-state index in [1.165, 1.54) is 0 Å². The molecule has 2 N–H and O–H groups in total. The molecule has 1 aliphatic heterocycles. The average molecular weight is 462 g/mol. The average Bonchev–Trinajstić information content (AvgIpc) is 3.56. The lowest BCUT2D eigenvalue weighted by atomic mass is 10.0. The second kappa shape index (κ2) is 9.10. The van der Waals surface area contributed by atoms with Gasteiger partial charge < -0.3 is 24.8 Å². The third-order valence-corrected chi connectivity index (χ3v) is 6.86. The lowest BCUT2D eigenvalue weighted by molar-refractivity contribution is 0.0760. The first kappa shape index (κ1) is 22.4. The number of benzene rings is 2. The summed E-state index contributed by atoms with van der Waals surface area (Å²) < 4.78 is 7.52. The number of ether oxygens (including phenoxy) is 1. The van der Waals surface area contributed by atoms with Crippen molar-refractivity contribution in [1.29, 1.82) is 0 Å². The molecular formula is C26H31N5O3. The molecule has 0 bridgehead atoms. The molecule has 8 heteroatoms.